The molecule has 3 fully saturated rings. The summed E-state index contributed by atoms with van der Waals surface area (Å²) in [6, 6.07) is 4.89. The summed E-state index contributed by atoms with van der Waals surface area (Å²) in [7, 11) is 0. The van der Waals surface area contributed by atoms with Gasteiger partial charge in [0.15, 0.2) is 0 Å². The topological polar surface area (TPSA) is 96.4 Å². The maximum Gasteiger partial charge on any atom is 0.312 e. The standard InChI is InChI=1S/C30H39BrN2O6/c1-5-7-8-9-17-38-29(37)22-23-27(35)33(15-11-16-34)26(30(23)18-21(31)25(22)39-30)28(36)32(14-6-2)24-19(3)12-10-13-20(24)4/h5-6,10,12-13,21-23,25-26,34H,1-2,7-9,11,14-18H2,3-4H3/t21?,22-,23+,25-,26?,30?/m1/s1. The minimum atomic E-state index is -1.18. The van der Waals surface area contributed by atoms with E-state index in [-0.39, 0.29) is 42.9 Å². The molecule has 3 aliphatic rings. The van der Waals surface area contributed by atoms with Crippen LogP contribution in [-0.2, 0) is 23.9 Å². The highest BCUT2D eigenvalue weighted by Crippen LogP contribution is 2.60. The number of carbonyl (C=O) groups is 3. The number of aryl methyl sites for hydroxylation is 2. The number of esters is 1. The molecule has 4 rings (SSSR count). The first-order valence-corrected chi connectivity index (χ1v) is 14.6. The molecule has 1 aromatic carbocycles. The van der Waals surface area contributed by atoms with Crippen LogP contribution in [0.1, 0.15) is 43.2 Å². The van der Waals surface area contributed by atoms with Crippen molar-refractivity contribution in [2.24, 2.45) is 11.8 Å². The highest BCUT2D eigenvalue weighted by molar-refractivity contribution is 9.09. The third-order valence-corrected chi connectivity index (χ3v) is 9.03. The summed E-state index contributed by atoms with van der Waals surface area (Å²) in [5.74, 6) is -2.67. The normalized spacial score (nSPS) is 28.9. The molecule has 1 spiro atoms. The molecule has 1 N–H and O–H groups in total. The van der Waals surface area contributed by atoms with Crippen molar-refractivity contribution in [1.82, 2.24) is 4.90 Å². The van der Waals surface area contributed by atoms with E-state index in [0.717, 1.165) is 29.7 Å². The van der Waals surface area contributed by atoms with E-state index in [4.69, 9.17) is 9.47 Å². The monoisotopic (exact) mass is 602 g/mol. The summed E-state index contributed by atoms with van der Waals surface area (Å²) in [4.78, 5) is 44.9. The van der Waals surface area contributed by atoms with Crippen LogP contribution in [0.2, 0.25) is 0 Å². The number of amides is 2. The van der Waals surface area contributed by atoms with Crippen molar-refractivity contribution in [3.05, 3.63) is 54.6 Å². The van der Waals surface area contributed by atoms with E-state index in [2.05, 4.69) is 29.1 Å². The number of hydrogen-bond donors (Lipinski definition) is 1. The Morgan fingerprint density at radius 3 is 2.59 bits per heavy atom. The molecule has 3 heterocycles. The van der Waals surface area contributed by atoms with E-state index < -0.39 is 35.6 Å². The average molecular weight is 604 g/mol. The zero-order valence-electron chi connectivity index (χ0n) is 22.8. The van der Waals surface area contributed by atoms with Crippen molar-refractivity contribution in [2.45, 2.75) is 68.5 Å². The number of hydrogen-bond acceptors (Lipinski definition) is 6. The lowest BCUT2D eigenvalue weighted by molar-refractivity contribution is -0.155. The second kappa shape index (κ2) is 12.4. The quantitative estimate of drug-likeness (QED) is 0.159. The Labute approximate surface area is 239 Å². The second-order valence-electron chi connectivity index (χ2n) is 10.7. The van der Waals surface area contributed by atoms with Crippen molar-refractivity contribution >= 4 is 39.4 Å². The van der Waals surface area contributed by atoms with Crippen LogP contribution in [0.5, 0.6) is 0 Å². The molecule has 2 bridgehead atoms. The first-order chi connectivity index (χ1) is 18.7. The van der Waals surface area contributed by atoms with Crippen LogP contribution in [0, 0.1) is 25.7 Å². The largest absolute Gasteiger partial charge is 0.465 e. The molecule has 3 saturated heterocycles. The third-order valence-electron chi connectivity index (χ3n) is 8.19. The number of fused-ring (bicyclic) bond motifs is 1. The number of ether oxygens (including phenoxy) is 2. The fourth-order valence-corrected chi connectivity index (χ4v) is 7.56. The highest BCUT2D eigenvalue weighted by atomic mass is 79.9. The van der Waals surface area contributed by atoms with Crippen LogP contribution in [0.3, 0.4) is 0 Å². The number of rotatable bonds is 13. The molecule has 3 aliphatic heterocycles. The molecule has 3 unspecified atom stereocenters. The van der Waals surface area contributed by atoms with Gasteiger partial charge < -0.3 is 24.4 Å². The Hall–Kier alpha value is -2.49. The predicted molar refractivity (Wildman–Crippen MR) is 153 cm³/mol. The number of likely N-dealkylation sites (tertiary alicyclic amines) is 1. The van der Waals surface area contributed by atoms with E-state index in [1.165, 1.54) is 4.90 Å². The van der Waals surface area contributed by atoms with Gasteiger partial charge in [0.25, 0.3) is 5.91 Å². The van der Waals surface area contributed by atoms with Gasteiger partial charge >= 0.3 is 5.97 Å². The van der Waals surface area contributed by atoms with Crippen molar-refractivity contribution in [1.29, 1.82) is 0 Å². The summed E-state index contributed by atoms with van der Waals surface area (Å²) in [6.45, 7) is 12.0. The molecular weight excluding hydrogens is 564 g/mol. The van der Waals surface area contributed by atoms with Crippen LogP contribution in [-0.4, -0.2) is 76.7 Å². The van der Waals surface area contributed by atoms with Crippen LogP contribution in [0.4, 0.5) is 5.69 Å². The van der Waals surface area contributed by atoms with E-state index in [9.17, 15) is 19.5 Å². The molecule has 1 aromatic rings. The van der Waals surface area contributed by atoms with Gasteiger partial charge in [0.05, 0.1) is 24.5 Å². The molecule has 6 atom stereocenters. The van der Waals surface area contributed by atoms with E-state index in [1.54, 1.807) is 11.0 Å². The Bertz CT molecular complexity index is 1100. The van der Waals surface area contributed by atoms with Gasteiger partial charge in [0.2, 0.25) is 5.91 Å². The highest BCUT2D eigenvalue weighted by Gasteiger charge is 2.77. The third kappa shape index (κ3) is 5.21. The fraction of sp³-hybridized carbons (Fsp3) is 0.567. The van der Waals surface area contributed by atoms with Crippen LogP contribution < -0.4 is 4.90 Å². The average Bonchev–Trinajstić information content (AvgIpc) is 3.49. The summed E-state index contributed by atoms with van der Waals surface area (Å²) in [6.07, 6.45) is 6.05. The number of aliphatic hydroxyl groups is 1. The van der Waals surface area contributed by atoms with Crippen LogP contribution in [0.25, 0.3) is 0 Å². The molecule has 0 aromatic heterocycles. The summed E-state index contributed by atoms with van der Waals surface area (Å²) in [5.41, 5.74) is 1.46. The molecule has 39 heavy (non-hydrogen) atoms. The van der Waals surface area contributed by atoms with Gasteiger partial charge in [0.1, 0.15) is 11.6 Å². The number of aliphatic hydroxyl groups excluding tert-OH is 1. The van der Waals surface area contributed by atoms with Gasteiger partial charge in [-0.15, -0.1) is 13.2 Å². The minimum absolute atomic E-state index is 0.129. The molecule has 212 valence electrons. The van der Waals surface area contributed by atoms with Crippen molar-refractivity contribution in [2.75, 3.05) is 31.2 Å². The number of unbranched alkanes of at least 4 members (excludes halogenated alkanes) is 2. The Morgan fingerprint density at radius 1 is 1.23 bits per heavy atom. The maximum absolute atomic E-state index is 14.5. The van der Waals surface area contributed by atoms with Crippen molar-refractivity contribution < 1.29 is 29.0 Å². The molecule has 9 heteroatoms. The summed E-state index contributed by atoms with van der Waals surface area (Å²) in [5, 5.41) is 9.59. The molecule has 0 aliphatic carbocycles. The van der Waals surface area contributed by atoms with Gasteiger partial charge in [-0.25, -0.2) is 0 Å². The number of anilines is 1. The molecule has 0 saturated carbocycles. The maximum atomic E-state index is 14.5. The lowest BCUT2D eigenvalue weighted by atomic mass is 9.70. The lowest BCUT2D eigenvalue weighted by Gasteiger charge is -2.37. The zero-order valence-corrected chi connectivity index (χ0v) is 24.4. The molecule has 8 nitrogen and oxygen atoms in total. The number of nitrogens with zero attached hydrogens (tertiary/aromatic N) is 2. The number of alkyl halides is 1. The second-order valence-corrected chi connectivity index (χ2v) is 11.9. The first kappa shape index (κ1) is 29.5. The Morgan fingerprint density at radius 2 is 1.95 bits per heavy atom. The Kier molecular flexibility index (Phi) is 9.34. The summed E-state index contributed by atoms with van der Waals surface area (Å²) >= 11 is 3.69. The molecule has 2 amide bonds. The SMILES string of the molecule is C=CCCCCOC(=O)[C@H]1[C@@H]2OC3(CC2Br)C(C(=O)N(CC=C)c2c(C)cccc2C)N(CCCO)C(=O)[C@H]13. The number of carbonyl (C=O) groups excluding carboxylic acids is 3. The number of allylic oxidation sites excluding steroid dienone is 1. The zero-order chi connectivity index (χ0) is 28.3. The Balaban J connectivity index is 1.71. The number of benzene rings is 1. The van der Waals surface area contributed by atoms with Gasteiger partial charge in [-0.1, -0.05) is 46.3 Å². The van der Waals surface area contributed by atoms with E-state index >= 15 is 0 Å². The van der Waals surface area contributed by atoms with Crippen molar-refractivity contribution in [3.8, 4) is 0 Å². The number of halogens is 1. The smallest absolute Gasteiger partial charge is 0.312 e. The number of para-hydroxylation sites is 1. The first-order valence-electron chi connectivity index (χ1n) is 13.7. The van der Waals surface area contributed by atoms with E-state index in [1.807, 2.05) is 38.1 Å². The van der Waals surface area contributed by atoms with Crippen LogP contribution >= 0.6 is 15.9 Å². The van der Waals surface area contributed by atoms with Gasteiger partial charge in [0, 0.05) is 30.2 Å². The molecular formula is C30H39BrN2O6. The van der Waals surface area contributed by atoms with E-state index in [0.29, 0.717) is 19.3 Å². The van der Waals surface area contributed by atoms with Gasteiger partial charge in [-0.3, -0.25) is 14.4 Å². The fourth-order valence-electron chi connectivity index (χ4n) is 6.62. The van der Waals surface area contributed by atoms with Crippen LogP contribution in [0.15, 0.2) is 43.5 Å². The predicted octanol–water partition coefficient (Wildman–Crippen LogP) is 3.85. The van der Waals surface area contributed by atoms with Crippen molar-refractivity contribution in [3.63, 3.8) is 0 Å². The summed E-state index contributed by atoms with van der Waals surface area (Å²) < 4.78 is 12.2. The van der Waals surface area contributed by atoms with Gasteiger partial charge in [-0.05, 0) is 57.1 Å². The lowest BCUT2D eigenvalue weighted by Crippen LogP contribution is -2.57. The molecule has 0 radical (unpaired) electrons. The minimum Gasteiger partial charge on any atom is -0.465 e. The van der Waals surface area contributed by atoms with Gasteiger partial charge in [-0.2, -0.15) is 0 Å².